The number of nitrogens with zero attached hydrogens (tertiary/aromatic N) is 1. The minimum Gasteiger partial charge on any atom is -0.491 e. The molecule has 1 heterocycles. The van der Waals surface area contributed by atoms with E-state index in [2.05, 4.69) is 0 Å². The summed E-state index contributed by atoms with van der Waals surface area (Å²) >= 11 is 0. The quantitative estimate of drug-likeness (QED) is 0.181. The lowest BCUT2D eigenvalue weighted by molar-refractivity contribution is -0.123. The molecule has 0 aromatic heterocycles. The first-order valence-electron chi connectivity index (χ1n) is 12.5. The molecule has 0 bridgehead atoms. The van der Waals surface area contributed by atoms with Gasteiger partial charge in [0.15, 0.2) is 11.6 Å². The fourth-order valence-corrected chi connectivity index (χ4v) is 3.91. The summed E-state index contributed by atoms with van der Waals surface area (Å²) in [6.45, 7) is 3.18. The van der Waals surface area contributed by atoms with Crippen LogP contribution in [0.3, 0.4) is 0 Å². The van der Waals surface area contributed by atoms with Gasteiger partial charge in [-0.2, -0.15) is 0 Å². The molecule has 1 aliphatic heterocycles. The van der Waals surface area contributed by atoms with E-state index in [0.29, 0.717) is 75.6 Å². The highest BCUT2D eigenvalue weighted by atomic mass is 16.6. The van der Waals surface area contributed by atoms with Gasteiger partial charge < -0.3 is 23.7 Å². The number of carbonyl (C=O) groups is 4. The van der Waals surface area contributed by atoms with Crippen molar-refractivity contribution in [3.63, 3.8) is 0 Å². The van der Waals surface area contributed by atoms with Crippen LogP contribution in [0.4, 0.5) is 5.69 Å². The number of hydrogen-bond donors (Lipinski definition) is 0. The van der Waals surface area contributed by atoms with Gasteiger partial charge in [-0.05, 0) is 54.1 Å². The van der Waals surface area contributed by atoms with E-state index in [1.54, 1.807) is 48.5 Å². The van der Waals surface area contributed by atoms with E-state index in [1.165, 1.54) is 24.3 Å². The standard InChI is InChI=1S/C29H29NO9/c31-25-9-10-26(32)29(25)21-1-5-23(6-2-21)38-19-17-36-15-13-35-14-16-37-18-20-39-24-7-3-22(4-8-24)30-27(33)11-12-28(30)34/h1-12,29H,13-20H2. The molecule has 2 aliphatic rings. The second-order valence-corrected chi connectivity index (χ2v) is 8.51. The second-order valence-electron chi connectivity index (χ2n) is 8.51. The molecule has 204 valence electrons. The molecule has 0 radical (unpaired) electrons. The number of ketones is 2. The minimum atomic E-state index is -0.730. The Morgan fingerprint density at radius 3 is 1.38 bits per heavy atom. The van der Waals surface area contributed by atoms with E-state index >= 15 is 0 Å². The molecule has 2 aromatic carbocycles. The van der Waals surface area contributed by atoms with Crippen LogP contribution in [0.1, 0.15) is 11.5 Å². The van der Waals surface area contributed by atoms with Gasteiger partial charge in [0.1, 0.15) is 30.6 Å². The zero-order valence-corrected chi connectivity index (χ0v) is 21.3. The average molecular weight is 536 g/mol. The van der Waals surface area contributed by atoms with Gasteiger partial charge in [-0.3, -0.25) is 19.2 Å². The number of hydrogen-bond acceptors (Lipinski definition) is 9. The third kappa shape index (κ3) is 7.93. The first-order valence-corrected chi connectivity index (χ1v) is 12.5. The predicted octanol–water partition coefficient (Wildman–Crippen LogP) is 2.42. The molecule has 0 saturated heterocycles. The van der Waals surface area contributed by atoms with Crippen molar-refractivity contribution in [3.8, 4) is 11.5 Å². The van der Waals surface area contributed by atoms with Crippen molar-refractivity contribution in [1.82, 2.24) is 0 Å². The van der Waals surface area contributed by atoms with Crippen molar-refractivity contribution in [1.29, 1.82) is 0 Å². The Morgan fingerprint density at radius 2 is 0.923 bits per heavy atom. The highest BCUT2D eigenvalue weighted by molar-refractivity contribution is 6.28. The highest BCUT2D eigenvalue weighted by Gasteiger charge is 2.29. The van der Waals surface area contributed by atoms with Crippen molar-refractivity contribution in [2.45, 2.75) is 5.92 Å². The maximum absolute atomic E-state index is 11.8. The van der Waals surface area contributed by atoms with E-state index in [1.807, 2.05) is 0 Å². The predicted molar refractivity (Wildman–Crippen MR) is 140 cm³/mol. The van der Waals surface area contributed by atoms with Gasteiger partial charge in [0.2, 0.25) is 0 Å². The number of anilines is 1. The fourth-order valence-electron chi connectivity index (χ4n) is 3.91. The maximum atomic E-state index is 11.8. The van der Waals surface area contributed by atoms with Crippen molar-refractivity contribution in [3.05, 3.63) is 78.4 Å². The van der Waals surface area contributed by atoms with Crippen molar-refractivity contribution < 1.29 is 42.9 Å². The molecule has 0 saturated carbocycles. The van der Waals surface area contributed by atoms with Crippen LogP contribution in [-0.2, 0) is 33.4 Å². The first kappa shape index (κ1) is 27.9. The van der Waals surface area contributed by atoms with Gasteiger partial charge in [0.05, 0.1) is 45.3 Å². The number of benzene rings is 2. The molecule has 0 N–H and O–H groups in total. The van der Waals surface area contributed by atoms with Gasteiger partial charge in [0.25, 0.3) is 11.8 Å². The monoisotopic (exact) mass is 535 g/mol. The van der Waals surface area contributed by atoms with Crippen LogP contribution in [0, 0.1) is 0 Å². The molecular weight excluding hydrogens is 506 g/mol. The molecule has 2 aromatic rings. The molecule has 4 rings (SSSR count). The first-order chi connectivity index (χ1) is 19.0. The zero-order valence-electron chi connectivity index (χ0n) is 21.3. The number of imide groups is 1. The zero-order chi connectivity index (χ0) is 27.5. The van der Waals surface area contributed by atoms with Crippen LogP contribution < -0.4 is 14.4 Å². The molecule has 39 heavy (non-hydrogen) atoms. The van der Waals surface area contributed by atoms with Crippen LogP contribution in [-0.4, -0.2) is 76.2 Å². The lowest BCUT2D eigenvalue weighted by atomic mass is 9.95. The van der Waals surface area contributed by atoms with Gasteiger partial charge in [0, 0.05) is 12.2 Å². The number of amides is 2. The molecule has 0 fully saturated rings. The summed E-state index contributed by atoms with van der Waals surface area (Å²) in [4.78, 5) is 48.1. The van der Waals surface area contributed by atoms with Crippen LogP contribution in [0.2, 0.25) is 0 Å². The van der Waals surface area contributed by atoms with Gasteiger partial charge in [-0.15, -0.1) is 0 Å². The average Bonchev–Trinajstić information content (AvgIpc) is 3.46. The van der Waals surface area contributed by atoms with Crippen LogP contribution in [0.25, 0.3) is 0 Å². The summed E-state index contributed by atoms with van der Waals surface area (Å²) in [6.07, 6.45) is 5.11. The highest BCUT2D eigenvalue weighted by Crippen LogP contribution is 2.26. The van der Waals surface area contributed by atoms with Crippen LogP contribution in [0.15, 0.2) is 72.8 Å². The Kier molecular flexibility index (Phi) is 10.1. The third-order valence-electron chi connectivity index (χ3n) is 5.84. The lowest BCUT2D eigenvalue weighted by Crippen LogP contribution is -2.29. The summed E-state index contributed by atoms with van der Waals surface area (Å²) in [7, 11) is 0. The molecule has 1 aliphatic carbocycles. The van der Waals surface area contributed by atoms with Crippen molar-refractivity contribution >= 4 is 29.1 Å². The summed E-state index contributed by atoms with van der Waals surface area (Å²) in [5.41, 5.74) is 1.15. The van der Waals surface area contributed by atoms with Gasteiger partial charge >= 0.3 is 0 Å². The molecule has 0 unspecified atom stereocenters. The van der Waals surface area contributed by atoms with E-state index in [9.17, 15) is 19.2 Å². The fraction of sp³-hybridized carbons (Fsp3) is 0.310. The van der Waals surface area contributed by atoms with Crippen LogP contribution in [0.5, 0.6) is 11.5 Å². The van der Waals surface area contributed by atoms with Crippen LogP contribution >= 0.6 is 0 Å². The molecule has 10 heteroatoms. The normalized spacial score (nSPS) is 15.1. The summed E-state index contributed by atoms with van der Waals surface area (Å²) in [5, 5.41) is 0. The Labute approximate surface area is 225 Å². The summed E-state index contributed by atoms with van der Waals surface area (Å²) in [5.74, 6) is -0.595. The van der Waals surface area contributed by atoms with Crippen molar-refractivity contribution in [2.75, 3.05) is 57.8 Å². The minimum absolute atomic E-state index is 0.195. The number of ether oxygens (including phenoxy) is 5. The molecule has 0 spiro atoms. The number of carbonyl (C=O) groups excluding carboxylic acids is 4. The molecular formula is C29H29NO9. The Hall–Kier alpha value is -4.12. The molecule has 2 amide bonds. The lowest BCUT2D eigenvalue weighted by Gasteiger charge is -2.14. The Bertz CT molecular complexity index is 1090. The summed E-state index contributed by atoms with van der Waals surface area (Å²) in [6, 6.07) is 13.6. The topological polar surface area (TPSA) is 118 Å². The second kappa shape index (κ2) is 14.1. The number of allylic oxidation sites excluding steroid dienone is 2. The Balaban J connectivity index is 0.960. The van der Waals surface area contributed by atoms with E-state index in [-0.39, 0.29) is 23.4 Å². The largest absolute Gasteiger partial charge is 0.491 e. The number of rotatable bonds is 16. The molecule has 0 atom stereocenters. The smallest absolute Gasteiger partial charge is 0.258 e. The third-order valence-corrected chi connectivity index (χ3v) is 5.84. The van der Waals surface area contributed by atoms with Gasteiger partial charge in [-0.1, -0.05) is 12.1 Å². The van der Waals surface area contributed by atoms with Gasteiger partial charge in [-0.25, -0.2) is 4.90 Å². The Morgan fingerprint density at radius 1 is 0.513 bits per heavy atom. The summed E-state index contributed by atoms with van der Waals surface area (Å²) < 4.78 is 27.6. The van der Waals surface area contributed by atoms with Crippen molar-refractivity contribution in [2.24, 2.45) is 0 Å². The van der Waals surface area contributed by atoms with E-state index in [0.717, 1.165) is 4.90 Å². The van der Waals surface area contributed by atoms with E-state index in [4.69, 9.17) is 23.7 Å². The maximum Gasteiger partial charge on any atom is 0.258 e. The van der Waals surface area contributed by atoms with E-state index < -0.39 is 5.92 Å². The SMILES string of the molecule is O=C1C=CC(=O)C1c1ccc(OCCOCCOCCOCCOc2ccc(N3C(=O)C=CC3=O)cc2)cc1. The molecule has 10 nitrogen and oxygen atoms in total.